The van der Waals surface area contributed by atoms with Crippen LogP contribution in [0.4, 0.5) is 10.5 Å². The van der Waals surface area contributed by atoms with Gasteiger partial charge in [0.2, 0.25) is 0 Å². The van der Waals surface area contributed by atoms with Gasteiger partial charge in [0.1, 0.15) is 5.54 Å². The molecule has 208 valence electrons. The first kappa shape index (κ1) is 28.1. The van der Waals surface area contributed by atoms with E-state index in [0.717, 1.165) is 11.1 Å². The van der Waals surface area contributed by atoms with Crippen molar-refractivity contribution in [1.29, 1.82) is 0 Å². The average Bonchev–Trinajstić information content (AvgIpc) is 3.25. The molecule has 0 saturated carbocycles. The Labute approximate surface area is 244 Å². The number of carbonyl (C=O) groups is 3. The van der Waals surface area contributed by atoms with E-state index in [9.17, 15) is 19.5 Å². The normalized spacial score (nSPS) is 21.9. The molecule has 0 aromatic heterocycles. The van der Waals surface area contributed by atoms with Gasteiger partial charge in [-0.05, 0) is 56.2 Å². The number of urea groups is 1. The average molecular weight is 567 g/mol. The Kier molecular flexibility index (Phi) is 7.70. The van der Waals surface area contributed by atoms with Crippen LogP contribution in [0.25, 0.3) is 0 Å². The Morgan fingerprint density at radius 3 is 1.88 bits per heavy atom. The second-order valence-corrected chi connectivity index (χ2v) is 11.2. The zero-order valence-electron chi connectivity index (χ0n) is 23.0. The number of aryl methyl sites for hydroxylation is 2. The number of carbonyl (C=O) groups excluding carboxylic acids is 2. The number of aliphatic carboxylic acids is 1. The molecule has 7 heteroatoms. The van der Waals surface area contributed by atoms with E-state index in [1.54, 1.807) is 60.7 Å². The fraction of sp³-hybridized carbons (Fsp3) is 0.206. The summed E-state index contributed by atoms with van der Waals surface area (Å²) in [7, 11) is 0. The number of rotatable bonds is 6. The van der Waals surface area contributed by atoms with Crippen molar-refractivity contribution in [2.45, 2.75) is 38.3 Å². The van der Waals surface area contributed by atoms with Crippen LogP contribution >= 0.6 is 11.6 Å². The highest BCUT2D eigenvalue weighted by Gasteiger charge is 2.65. The molecule has 4 atom stereocenters. The van der Waals surface area contributed by atoms with E-state index in [1.807, 2.05) is 56.3 Å². The number of hydrogen-bond donors (Lipinski definition) is 2. The number of anilines is 1. The van der Waals surface area contributed by atoms with E-state index in [-0.39, 0.29) is 5.78 Å². The summed E-state index contributed by atoms with van der Waals surface area (Å²) in [6, 6.07) is 29.0. The maximum Gasteiger partial charge on any atom is 0.330 e. The third-order valence-corrected chi connectivity index (χ3v) is 8.30. The lowest BCUT2D eigenvalue weighted by Gasteiger charge is -2.37. The lowest BCUT2D eigenvalue weighted by atomic mass is 9.71. The Bertz CT molecular complexity index is 1570. The van der Waals surface area contributed by atoms with E-state index < -0.39 is 35.4 Å². The van der Waals surface area contributed by atoms with Crippen molar-refractivity contribution in [3.63, 3.8) is 0 Å². The van der Waals surface area contributed by atoms with Crippen LogP contribution in [-0.4, -0.2) is 33.3 Å². The summed E-state index contributed by atoms with van der Waals surface area (Å²) in [6.07, 6.45) is 0. The molecule has 1 fully saturated rings. The number of nitrogens with zero attached hydrogens (tertiary/aromatic N) is 1. The maximum atomic E-state index is 14.4. The molecule has 2 N–H and O–H groups in total. The lowest BCUT2D eigenvalue weighted by Crippen LogP contribution is -2.55. The highest BCUT2D eigenvalue weighted by Crippen LogP contribution is 2.56. The molecular formula is C34H31ClN2O4. The number of likely N-dealkylation sites (tertiary alicyclic amines) is 1. The predicted octanol–water partition coefficient (Wildman–Crippen LogP) is 7.67. The number of benzene rings is 4. The van der Waals surface area contributed by atoms with Crippen LogP contribution in [0.15, 0.2) is 103 Å². The molecule has 0 spiro atoms. The number of ketones is 1. The van der Waals surface area contributed by atoms with Crippen molar-refractivity contribution in [3.8, 4) is 0 Å². The summed E-state index contributed by atoms with van der Waals surface area (Å²) < 4.78 is 0. The monoisotopic (exact) mass is 566 g/mol. The standard InChI is InChI=1S/C34H31ClN2O4/c1-21-9-13-24(14-10-21)30-28(31(38)25-7-5-4-6-8-25)29(23-15-17-26(35)18-16-23)34(3,32(39)40)37(30)33(41)36-27-19-11-22(2)12-20-27/h4-20,28-30H,1-3H3,(H,36,41)(H,39,40). The van der Waals surface area contributed by atoms with Gasteiger partial charge in [-0.3, -0.25) is 9.69 Å². The van der Waals surface area contributed by atoms with Crippen LogP contribution in [-0.2, 0) is 4.79 Å². The van der Waals surface area contributed by atoms with E-state index >= 15 is 0 Å². The Balaban J connectivity index is 1.76. The molecule has 4 aromatic rings. The Hall–Kier alpha value is -4.42. The van der Waals surface area contributed by atoms with Gasteiger partial charge in [0.15, 0.2) is 5.78 Å². The SMILES string of the molecule is Cc1ccc(NC(=O)N2C(c3ccc(C)cc3)C(C(=O)c3ccccc3)C(c3ccc(Cl)cc3)C2(C)C(=O)O)cc1. The minimum atomic E-state index is -1.80. The topological polar surface area (TPSA) is 86.7 Å². The third-order valence-electron chi connectivity index (χ3n) is 8.05. The fourth-order valence-corrected chi connectivity index (χ4v) is 6.06. The van der Waals surface area contributed by atoms with Crippen LogP contribution in [0.1, 0.15) is 51.5 Å². The number of Topliss-reactive ketones (excluding diaryl/α,β-unsaturated/α-hetero) is 1. The smallest absolute Gasteiger partial charge is 0.330 e. The summed E-state index contributed by atoms with van der Waals surface area (Å²) in [6.45, 7) is 5.42. The Morgan fingerprint density at radius 2 is 1.32 bits per heavy atom. The minimum absolute atomic E-state index is 0.241. The zero-order chi connectivity index (χ0) is 29.3. The molecule has 0 aliphatic carbocycles. The van der Waals surface area contributed by atoms with Gasteiger partial charge in [0.05, 0.1) is 12.0 Å². The van der Waals surface area contributed by atoms with Crippen molar-refractivity contribution in [1.82, 2.24) is 4.90 Å². The quantitative estimate of drug-likeness (QED) is 0.234. The number of carboxylic acids is 1. The lowest BCUT2D eigenvalue weighted by molar-refractivity contribution is -0.148. The van der Waals surface area contributed by atoms with Crippen molar-refractivity contribution in [2.24, 2.45) is 5.92 Å². The van der Waals surface area contributed by atoms with E-state index in [1.165, 1.54) is 11.8 Å². The summed E-state index contributed by atoms with van der Waals surface area (Å²) in [5, 5.41) is 14.3. The largest absolute Gasteiger partial charge is 0.479 e. The molecule has 0 bridgehead atoms. The molecule has 1 heterocycles. The van der Waals surface area contributed by atoms with Gasteiger partial charge in [-0.2, -0.15) is 0 Å². The molecule has 0 radical (unpaired) electrons. The van der Waals surface area contributed by atoms with Crippen molar-refractivity contribution >= 4 is 35.1 Å². The molecule has 4 unspecified atom stereocenters. The van der Waals surface area contributed by atoms with Gasteiger partial charge < -0.3 is 10.4 Å². The molecule has 1 aliphatic heterocycles. The van der Waals surface area contributed by atoms with Crippen molar-refractivity contribution in [2.75, 3.05) is 5.32 Å². The highest BCUT2D eigenvalue weighted by atomic mass is 35.5. The zero-order valence-corrected chi connectivity index (χ0v) is 23.8. The number of hydrogen-bond acceptors (Lipinski definition) is 3. The second kappa shape index (κ2) is 11.2. The van der Waals surface area contributed by atoms with Crippen LogP contribution in [0.3, 0.4) is 0 Å². The van der Waals surface area contributed by atoms with E-state index in [2.05, 4.69) is 5.32 Å². The van der Waals surface area contributed by atoms with E-state index in [0.29, 0.717) is 27.4 Å². The van der Waals surface area contributed by atoms with Gasteiger partial charge in [0, 0.05) is 22.2 Å². The number of amides is 2. The number of halogens is 1. The minimum Gasteiger partial charge on any atom is -0.479 e. The van der Waals surface area contributed by atoms with Gasteiger partial charge >= 0.3 is 12.0 Å². The first-order valence-corrected chi connectivity index (χ1v) is 13.8. The van der Waals surface area contributed by atoms with Crippen molar-refractivity contribution in [3.05, 3.63) is 136 Å². The fourth-order valence-electron chi connectivity index (χ4n) is 5.94. The van der Waals surface area contributed by atoms with Crippen LogP contribution in [0.5, 0.6) is 0 Å². The summed E-state index contributed by atoms with van der Waals surface area (Å²) in [5.74, 6) is -3.25. The molecule has 5 rings (SSSR count). The molecule has 4 aromatic carbocycles. The molecule has 1 saturated heterocycles. The van der Waals surface area contributed by atoms with Gasteiger partial charge in [-0.1, -0.05) is 102 Å². The van der Waals surface area contributed by atoms with Crippen LogP contribution < -0.4 is 5.32 Å². The predicted molar refractivity (Wildman–Crippen MR) is 160 cm³/mol. The summed E-state index contributed by atoms with van der Waals surface area (Å²) in [5.41, 5.74) is 2.48. The first-order valence-electron chi connectivity index (χ1n) is 13.4. The van der Waals surface area contributed by atoms with Crippen molar-refractivity contribution < 1.29 is 19.5 Å². The highest BCUT2D eigenvalue weighted by molar-refractivity contribution is 6.30. The molecule has 6 nitrogen and oxygen atoms in total. The molecule has 2 amide bonds. The van der Waals surface area contributed by atoms with Crippen LogP contribution in [0, 0.1) is 19.8 Å². The van der Waals surface area contributed by atoms with E-state index in [4.69, 9.17) is 11.6 Å². The second-order valence-electron chi connectivity index (χ2n) is 10.8. The molecular weight excluding hydrogens is 536 g/mol. The summed E-state index contributed by atoms with van der Waals surface area (Å²) in [4.78, 5) is 43.4. The maximum absolute atomic E-state index is 14.4. The number of nitrogens with one attached hydrogen (secondary N) is 1. The van der Waals surface area contributed by atoms with Gasteiger partial charge in [-0.15, -0.1) is 0 Å². The first-order chi connectivity index (χ1) is 19.6. The third kappa shape index (κ3) is 5.23. The van der Waals surface area contributed by atoms with Gasteiger partial charge in [-0.25, -0.2) is 9.59 Å². The molecule has 1 aliphatic rings. The van der Waals surface area contributed by atoms with Gasteiger partial charge in [0.25, 0.3) is 0 Å². The molecule has 41 heavy (non-hydrogen) atoms. The van der Waals surface area contributed by atoms with Crippen LogP contribution in [0.2, 0.25) is 5.02 Å². The Morgan fingerprint density at radius 1 is 0.780 bits per heavy atom. The number of carboxylic acid groups (broad SMARTS) is 1. The summed E-state index contributed by atoms with van der Waals surface area (Å²) >= 11 is 6.21.